The maximum absolute atomic E-state index is 11.1. The molecule has 1 heterocycles. The first-order chi connectivity index (χ1) is 15.6. The lowest BCUT2D eigenvalue weighted by atomic mass is 9.94. The van der Waals surface area contributed by atoms with E-state index in [9.17, 15) is 9.90 Å². The lowest BCUT2D eigenvalue weighted by Crippen LogP contribution is -2.40. The topological polar surface area (TPSA) is 74.2 Å². The molecule has 0 aliphatic carbocycles. The van der Waals surface area contributed by atoms with Gasteiger partial charge in [0.1, 0.15) is 6.29 Å². The van der Waals surface area contributed by atoms with Crippen molar-refractivity contribution in [3.63, 3.8) is 0 Å². The normalized spacial score (nSPS) is 24.2. The summed E-state index contributed by atoms with van der Waals surface area (Å²) in [6.45, 7) is 7.81. The molecular weight excluding hydrogens is 408 g/mol. The van der Waals surface area contributed by atoms with Crippen molar-refractivity contribution >= 4 is 6.29 Å². The van der Waals surface area contributed by atoms with Crippen LogP contribution < -0.4 is 0 Å². The van der Waals surface area contributed by atoms with Crippen molar-refractivity contribution in [2.75, 3.05) is 20.3 Å². The number of hydrogen-bond acceptors (Lipinski definition) is 6. The Kier molecular flexibility index (Phi) is 17.4. The van der Waals surface area contributed by atoms with Gasteiger partial charge in [0.2, 0.25) is 0 Å². The van der Waals surface area contributed by atoms with Crippen molar-refractivity contribution in [1.29, 1.82) is 0 Å². The van der Waals surface area contributed by atoms with E-state index in [1.54, 1.807) is 7.11 Å². The van der Waals surface area contributed by atoms with Gasteiger partial charge < -0.3 is 28.8 Å². The summed E-state index contributed by atoms with van der Waals surface area (Å²) >= 11 is 0. The van der Waals surface area contributed by atoms with Crippen LogP contribution in [0.15, 0.2) is 0 Å². The molecule has 1 rings (SSSR count). The zero-order valence-electron chi connectivity index (χ0n) is 21.1. The number of carbonyl (C=O) groups excluding carboxylic acids is 1. The summed E-state index contributed by atoms with van der Waals surface area (Å²) in [4.78, 5) is 11.1. The zero-order valence-corrected chi connectivity index (χ0v) is 21.1. The molecule has 3 unspecified atom stereocenters. The lowest BCUT2D eigenvalue weighted by Gasteiger charge is -2.36. The predicted octanol–water partition coefficient (Wildman–Crippen LogP) is 5.23. The van der Waals surface area contributed by atoms with Crippen molar-refractivity contribution in [2.24, 2.45) is 0 Å². The maximum Gasteiger partial charge on any atom is 0.122 e. The van der Waals surface area contributed by atoms with Crippen LogP contribution in [-0.4, -0.2) is 68.3 Å². The van der Waals surface area contributed by atoms with Crippen LogP contribution in [-0.2, 0) is 23.7 Å². The highest BCUT2D eigenvalue weighted by atomic mass is 16.5. The Morgan fingerprint density at radius 2 is 1.75 bits per heavy atom. The van der Waals surface area contributed by atoms with Gasteiger partial charge >= 0.3 is 0 Å². The van der Waals surface area contributed by atoms with Gasteiger partial charge in [0.15, 0.2) is 0 Å². The van der Waals surface area contributed by atoms with E-state index in [-0.39, 0.29) is 36.6 Å². The molecule has 6 nitrogen and oxygen atoms in total. The minimum absolute atomic E-state index is 0.0307. The summed E-state index contributed by atoms with van der Waals surface area (Å²) in [5, 5.41) is 10.1. The van der Waals surface area contributed by atoms with Gasteiger partial charge in [-0.05, 0) is 44.9 Å². The summed E-state index contributed by atoms with van der Waals surface area (Å²) in [7, 11) is 1.75. The Hall–Kier alpha value is -0.530. The fraction of sp³-hybridized carbons (Fsp3) is 0.962. The monoisotopic (exact) mass is 458 g/mol. The second kappa shape index (κ2) is 18.8. The predicted molar refractivity (Wildman–Crippen MR) is 128 cm³/mol. The lowest BCUT2D eigenvalue weighted by molar-refractivity contribution is -0.137. The first-order valence-electron chi connectivity index (χ1n) is 13.1. The molecule has 1 saturated heterocycles. The maximum atomic E-state index is 11.1. The summed E-state index contributed by atoms with van der Waals surface area (Å²) in [5.41, 5.74) is 0. The number of carbonyl (C=O) groups is 1. The number of hydrogen-bond donors (Lipinski definition) is 1. The van der Waals surface area contributed by atoms with Gasteiger partial charge in [0, 0.05) is 33.2 Å². The number of rotatable bonds is 20. The third-order valence-corrected chi connectivity index (χ3v) is 6.43. The van der Waals surface area contributed by atoms with Crippen molar-refractivity contribution < 1.29 is 28.8 Å². The summed E-state index contributed by atoms with van der Waals surface area (Å²) in [6.07, 6.45) is 12.6. The van der Waals surface area contributed by atoms with E-state index < -0.39 is 0 Å². The third-order valence-electron chi connectivity index (χ3n) is 6.43. The largest absolute Gasteiger partial charge is 0.393 e. The zero-order chi connectivity index (χ0) is 23.6. The molecule has 0 amide bonds. The molecule has 1 aliphatic heterocycles. The minimum atomic E-state index is -0.271. The molecule has 1 N–H and O–H groups in total. The Morgan fingerprint density at radius 1 is 1.00 bits per heavy atom. The van der Waals surface area contributed by atoms with Gasteiger partial charge in [-0.2, -0.15) is 0 Å². The van der Waals surface area contributed by atoms with Crippen LogP contribution in [0.1, 0.15) is 104 Å². The summed E-state index contributed by atoms with van der Waals surface area (Å²) in [6, 6.07) is 0. The van der Waals surface area contributed by atoms with E-state index in [4.69, 9.17) is 18.9 Å². The van der Waals surface area contributed by atoms with Crippen LogP contribution in [0.25, 0.3) is 0 Å². The van der Waals surface area contributed by atoms with E-state index in [1.807, 2.05) is 0 Å². The highest BCUT2D eigenvalue weighted by Gasteiger charge is 2.32. The van der Waals surface area contributed by atoms with Gasteiger partial charge in [-0.1, -0.05) is 46.5 Å². The van der Waals surface area contributed by atoms with E-state index >= 15 is 0 Å². The first kappa shape index (κ1) is 29.5. The summed E-state index contributed by atoms with van der Waals surface area (Å²) in [5.74, 6) is 0. The Labute approximate surface area is 196 Å². The van der Waals surface area contributed by atoms with Crippen molar-refractivity contribution in [1.82, 2.24) is 0 Å². The molecular formula is C26H50O6. The van der Waals surface area contributed by atoms with Gasteiger partial charge in [0.05, 0.1) is 36.6 Å². The van der Waals surface area contributed by atoms with Crippen LogP contribution in [0.5, 0.6) is 0 Å². The minimum Gasteiger partial charge on any atom is -0.393 e. The Morgan fingerprint density at radius 3 is 2.41 bits per heavy atom. The van der Waals surface area contributed by atoms with Crippen molar-refractivity contribution in [3.8, 4) is 0 Å². The molecule has 0 aromatic carbocycles. The second-order valence-electron chi connectivity index (χ2n) is 9.27. The second-order valence-corrected chi connectivity index (χ2v) is 9.27. The fourth-order valence-corrected chi connectivity index (χ4v) is 4.38. The molecule has 1 fully saturated rings. The number of aliphatic hydroxyl groups excluding tert-OH is 1. The molecule has 1 aliphatic rings. The number of methoxy groups -OCH3 is 1. The summed E-state index contributed by atoms with van der Waals surface area (Å²) < 4.78 is 24.1. The Bertz CT molecular complexity index is 446. The molecule has 6 atom stereocenters. The number of unbranched alkanes of at least 4 members (excludes halogenated alkanes) is 3. The van der Waals surface area contributed by atoms with Gasteiger partial charge in [-0.25, -0.2) is 0 Å². The van der Waals surface area contributed by atoms with Crippen LogP contribution in [0.3, 0.4) is 0 Å². The number of aldehydes is 1. The number of aliphatic hydroxyl groups is 1. The van der Waals surface area contributed by atoms with Gasteiger partial charge in [-0.15, -0.1) is 0 Å². The molecule has 0 spiro atoms. The van der Waals surface area contributed by atoms with E-state index in [0.29, 0.717) is 19.4 Å². The third kappa shape index (κ3) is 13.2. The van der Waals surface area contributed by atoms with Crippen LogP contribution in [0.4, 0.5) is 0 Å². The molecule has 0 radical (unpaired) electrons. The van der Waals surface area contributed by atoms with Gasteiger partial charge in [0.25, 0.3) is 0 Å². The average Bonchev–Trinajstić information content (AvgIpc) is 2.78. The Balaban J connectivity index is 2.47. The molecule has 6 heteroatoms. The highest BCUT2D eigenvalue weighted by molar-refractivity contribution is 5.50. The van der Waals surface area contributed by atoms with E-state index in [1.165, 1.54) is 12.8 Å². The van der Waals surface area contributed by atoms with Crippen molar-refractivity contribution in [3.05, 3.63) is 0 Å². The van der Waals surface area contributed by atoms with Crippen LogP contribution >= 0.6 is 0 Å². The van der Waals surface area contributed by atoms with E-state index in [2.05, 4.69) is 20.8 Å². The average molecular weight is 459 g/mol. The molecule has 0 saturated carbocycles. The highest BCUT2D eigenvalue weighted by Crippen LogP contribution is 2.28. The quantitative estimate of drug-likeness (QED) is 0.199. The SMILES string of the molecule is CCCCC[C@H](O)CCOC(CC)C[C@H](CC1C[C@H](OCCCC)CC(CC=O)O1)OC. The van der Waals surface area contributed by atoms with Gasteiger partial charge in [-0.3, -0.25) is 0 Å². The molecule has 0 aromatic heterocycles. The smallest absolute Gasteiger partial charge is 0.122 e. The van der Waals surface area contributed by atoms with Crippen LogP contribution in [0.2, 0.25) is 0 Å². The number of ether oxygens (including phenoxy) is 4. The first-order valence-corrected chi connectivity index (χ1v) is 13.1. The molecule has 0 aromatic rings. The standard InChI is InChI=1S/C26H50O6/c1-5-8-10-11-21(28)13-16-31-22(7-3)17-24(29-4)19-26-20-25(30-15-9-6-2)18-23(32-26)12-14-27/h14,21-26,28H,5-13,15-20H2,1-4H3/t21-,22?,23?,24+,25+,26?/m0/s1. The fourth-order valence-electron chi connectivity index (χ4n) is 4.38. The molecule has 190 valence electrons. The van der Waals surface area contributed by atoms with Crippen LogP contribution in [0, 0.1) is 0 Å². The molecule has 0 bridgehead atoms. The molecule has 32 heavy (non-hydrogen) atoms. The van der Waals surface area contributed by atoms with E-state index in [0.717, 1.165) is 70.7 Å². The van der Waals surface area contributed by atoms with Crippen molar-refractivity contribution in [2.45, 2.75) is 141 Å².